The van der Waals surface area contributed by atoms with E-state index in [4.69, 9.17) is 23.2 Å². The number of carboxylic acid groups (broad SMARTS) is 1. The van der Waals surface area contributed by atoms with Gasteiger partial charge < -0.3 is 10.2 Å². The van der Waals surface area contributed by atoms with Gasteiger partial charge in [-0.2, -0.15) is 0 Å². The van der Waals surface area contributed by atoms with Crippen molar-refractivity contribution in [3.63, 3.8) is 0 Å². The van der Waals surface area contributed by atoms with Crippen molar-refractivity contribution in [3.05, 3.63) is 63.3 Å². The number of hydrogen-bond acceptors (Lipinski definition) is 3. The van der Waals surface area contributed by atoms with E-state index in [-0.39, 0.29) is 22.6 Å². The zero-order chi connectivity index (χ0) is 22.2. The Morgan fingerprint density at radius 3 is 2.40 bits per heavy atom. The third-order valence-electron chi connectivity index (χ3n) is 5.59. The molecular formula is C23H23Cl2NO4. The molecule has 0 fully saturated rings. The number of carboxylic acids is 1. The molecule has 0 radical (unpaired) electrons. The van der Waals surface area contributed by atoms with Crippen LogP contribution in [-0.2, 0) is 4.79 Å². The average Bonchev–Trinajstić information content (AvgIpc) is 2.98. The number of phenolic OH excluding ortho intramolecular Hbond substituents is 1. The molecule has 2 atom stereocenters. The van der Waals surface area contributed by atoms with Crippen LogP contribution in [0.2, 0.25) is 10.0 Å². The number of carbonyl (C=O) groups is 2. The topological polar surface area (TPSA) is 79.5 Å². The second-order valence-corrected chi connectivity index (χ2v) is 8.42. The van der Waals surface area contributed by atoms with E-state index in [1.54, 1.807) is 25.1 Å². The summed E-state index contributed by atoms with van der Waals surface area (Å²) in [6, 6.07) is 9.24. The predicted molar refractivity (Wildman–Crippen MR) is 119 cm³/mol. The molecule has 7 heteroatoms. The minimum Gasteiger partial charge on any atom is -0.508 e. The molecule has 3 aromatic rings. The molecule has 0 saturated carbocycles. The molecule has 5 nitrogen and oxygen atoms in total. The molecule has 0 amide bonds. The SMILES string of the molecule is CCC(C)C[C@H](C(=O)O)c1c(C)n(C(=O)c2ccc(Cl)c(Cl)c2)c2ccc(O)cc12. The number of fused-ring (bicyclic) bond motifs is 1. The number of halogens is 2. The second kappa shape index (κ2) is 8.70. The van der Waals surface area contributed by atoms with Crippen LogP contribution in [0.15, 0.2) is 36.4 Å². The van der Waals surface area contributed by atoms with E-state index in [0.29, 0.717) is 39.2 Å². The van der Waals surface area contributed by atoms with Gasteiger partial charge in [-0.3, -0.25) is 14.2 Å². The molecule has 0 saturated heterocycles. The maximum Gasteiger partial charge on any atom is 0.311 e. The molecule has 158 valence electrons. The van der Waals surface area contributed by atoms with Crippen LogP contribution in [0, 0.1) is 12.8 Å². The fraction of sp³-hybridized carbons (Fsp3) is 0.304. The average molecular weight is 448 g/mol. The Morgan fingerprint density at radius 2 is 1.80 bits per heavy atom. The van der Waals surface area contributed by atoms with Crippen LogP contribution >= 0.6 is 23.2 Å². The van der Waals surface area contributed by atoms with Gasteiger partial charge in [0.25, 0.3) is 5.91 Å². The fourth-order valence-electron chi connectivity index (χ4n) is 3.80. The molecule has 0 aliphatic carbocycles. The Morgan fingerprint density at radius 1 is 1.10 bits per heavy atom. The van der Waals surface area contributed by atoms with Gasteiger partial charge in [-0.15, -0.1) is 0 Å². The van der Waals surface area contributed by atoms with Gasteiger partial charge in [-0.1, -0.05) is 43.5 Å². The number of phenols is 1. The van der Waals surface area contributed by atoms with Gasteiger partial charge in [-0.25, -0.2) is 0 Å². The smallest absolute Gasteiger partial charge is 0.311 e. The highest BCUT2D eigenvalue weighted by atomic mass is 35.5. The summed E-state index contributed by atoms with van der Waals surface area (Å²) in [6.45, 7) is 5.75. The van der Waals surface area contributed by atoms with Crippen molar-refractivity contribution in [1.82, 2.24) is 4.57 Å². The molecule has 0 bridgehead atoms. The van der Waals surface area contributed by atoms with Crippen molar-refractivity contribution in [1.29, 1.82) is 0 Å². The molecule has 1 aromatic heterocycles. The minimum absolute atomic E-state index is 0.00978. The number of aromatic nitrogens is 1. The van der Waals surface area contributed by atoms with Crippen LogP contribution in [0.25, 0.3) is 10.9 Å². The van der Waals surface area contributed by atoms with E-state index in [1.807, 2.05) is 13.8 Å². The normalized spacial score (nSPS) is 13.4. The van der Waals surface area contributed by atoms with Crippen LogP contribution in [0.4, 0.5) is 0 Å². The summed E-state index contributed by atoms with van der Waals surface area (Å²) in [6.07, 6.45) is 1.28. The quantitative estimate of drug-likeness (QED) is 0.467. The standard InChI is InChI=1S/C23H23Cl2NO4/c1-4-12(2)9-17(23(29)30)21-13(3)26(20-8-6-15(27)11-16(20)21)22(28)14-5-7-18(24)19(25)10-14/h5-8,10-12,17,27H,4,9H2,1-3H3,(H,29,30)/t12?,17-/m0/s1. The number of aliphatic carboxylic acids is 1. The minimum atomic E-state index is -0.956. The third kappa shape index (κ3) is 4.05. The summed E-state index contributed by atoms with van der Waals surface area (Å²) in [5.74, 6) is -1.90. The number of hydrogen-bond donors (Lipinski definition) is 2. The molecule has 1 heterocycles. The number of carbonyl (C=O) groups excluding carboxylic acids is 1. The second-order valence-electron chi connectivity index (χ2n) is 7.61. The highest BCUT2D eigenvalue weighted by Gasteiger charge is 2.30. The monoisotopic (exact) mass is 447 g/mol. The van der Waals surface area contributed by atoms with Crippen molar-refractivity contribution in [2.24, 2.45) is 5.92 Å². The highest BCUT2D eigenvalue weighted by Crippen LogP contribution is 2.38. The van der Waals surface area contributed by atoms with Gasteiger partial charge in [-0.05, 0) is 61.2 Å². The number of aromatic hydroxyl groups is 1. The molecule has 0 aliphatic heterocycles. The van der Waals surface area contributed by atoms with E-state index in [0.717, 1.165) is 6.42 Å². The van der Waals surface area contributed by atoms with E-state index in [1.165, 1.54) is 22.8 Å². The Bertz CT molecular complexity index is 1140. The van der Waals surface area contributed by atoms with E-state index in [2.05, 4.69) is 0 Å². The first-order valence-electron chi connectivity index (χ1n) is 9.72. The van der Waals surface area contributed by atoms with Crippen molar-refractivity contribution >= 4 is 46.0 Å². The van der Waals surface area contributed by atoms with Crippen LogP contribution in [0.1, 0.15) is 54.2 Å². The Labute approximate surface area is 184 Å². The van der Waals surface area contributed by atoms with Gasteiger partial charge in [0.15, 0.2) is 0 Å². The first-order valence-corrected chi connectivity index (χ1v) is 10.5. The Hall–Kier alpha value is -2.50. The maximum absolute atomic E-state index is 13.4. The molecule has 2 aromatic carbocycles. The lowest BCUT2D eigenvalue weighted by atomic mass is 9.87. The molecular weight excluding hydrogens is 425 g/mol. The predicted octanol–water partition coefficient (Wildman–Crippen LogP) is 6.26. The van der Waals surface area contributed by atoms with Gasteiger partial charge in [0, 0.05) is 16.6 Å². The van der Waals surface area contributed by atoms with Crippen molar-refractivity contribution in [3.8, 4) is 5.75 Å². The lowest BCUT2D eigenvalue weighted by Gasteiger charge is -2.17. The van der Waals surface area contributed by atoms with Crippen LogP contribution < -0.4 is 0 Å². The molecule has 3 rings (SSSR count). The zero-order valence-electron chi connectivity index (χ0n) is 16.9. The first kappa shape index (κ1) is 22.2. The summed E-state index contributed by atoms with van der Waals surface area (Å²) < 4.78 is 1.48. The van der Waals surface area contributed by atoms with Crippen molar-refractivity contribution in [2.75, 3.05) is 0 Å². The lowest BCUT2D eigenvalue weighted by Crippen LogP contribution is -2.18. The summed E-state index contributed by atoms with van der Waals surface area (Å²) in [4.78, 5) is 25.5. The largest absolute Gasteiger partial charge is 0.508 e. The van der Waals surface area contributed by atoms with Crippen LogP contribution in [0.3, 0.4) is 0 Å². The van der Waals surface area contributed by atoms with E-state index < -0.39 is 11.9 Å². The maximum atomic E-state index is 13.4. The van der Waals surface area contributed by atoms with Gasteiger partial charge >= 0.3 is 5.97 Å². The third-order valence-corrected chi connectivity index (χ3v) is 6.33. The molecule has 2 N–H and O–H groups in total. The van der Waals surface area contributed by atoms with Gasteiger partial charge in [0.2, 0.25) is 0 Å². The number of benzene rings is 2. The Balaban J connectivity index is 2.26. The first-order chi connectivity index (χ1) is 14.1. The van der Waals surface area contributed by atoms with E-state index >= 15 is 0 Å². The molecule has 0 aliphatic rings. The molecule has 0 spiro atoms. The van der Waals surface area contributed by atoms with E-state index in [9.17, 15) is 19.8 Å². The van der Waals surface area contributed by atoms with Crippen LogP contribution in [0.5, 0.6) is 5.75 Å². The van der Waals surface area contributed by atoms with Crippen molar-refractivity contribution in [2.45, 2.75) is 39.5 Å². The molecule has 1 unspecified atom stereocenters. The fourth-order valence-corrected chi connectivity index (χ4v) is 4.10. The number of rotatable bonds is 6. The molecule has 30 heavy (non-hydrogen) atoms. The summed E-state index contributed by atoms with van der Waals surface area (Å²) in [5.41, 5.74) is 1.94. The van der Waals surface area contributed by atoms with Crippen molar-refractivity contribution < 1.29 is 19.8 Å². The summed E-state index contributed by atoms with van der Waals surface area (Å²) in [5, 5.41) is 21.2. The summed E-state index contributed by atoms with van der Waals surface area (Å²) >= 11 is 12.1. The van der Waals surface area contributed by atoms with Gasteiger partial charge in [0.1, 0.15) is 5.75 Å². The van der Waals surface area contributed by atoms with Gasteiger partial charge in [0.05, 0.1) is 21.5 Å². The number of nitrogens with zero attached hydrogens (tertiary/aromatic N) is 1. The lowest BCUT2D eigenvalue weighted by molar-refractivity contribution is -0.139. The highest BCUT2D eigenvalue weighted by molar-refractivity contribution is 6.42. The Kier molecular flexibility index (Phi) is 6.44. The zero-order valence-corrected chi connectivity index (χ0v) is 18.5. The van der Waals surface area contributed by atoms with Crippen LogP contribution in [-0.4, -0.2) is 26.7 Å². The summed E-state index contributed by atoms with van der Waals surface area (Å²) in [7, 11) is 0.